The van der Waals surface area contributed by atoms with Crippen molar-refractivity contribution < 1.29 is 4.79 Å². The minimum Gasteiger partial charge on any atom is -0.381 e. The summed E-state index contributed by atoms with van der Waals surface area (Å²) >= 11 is 0. The fraction of sp³-hybridized carbons (Fsp3) is 0.571. The number of nitrogens with one attached hydrogen (secondary N) is 2. The van der Waals surface area contributed by atoms with E-state index in [0.717, 1.165) is 24.9 Å². The van der Waals surface area contributed by atoms with Crippen molar-refractivity contribution in [2.45, 2.75) is 46.1 Å². The third-order valence-corrected chi connectivity index (χ3v) is 2.84. The summed E-state index contributed by atoms with van der Waals surface area (Å²) in [7, 11) is 0. The van der Waals surface area contributed by atoms with Crippen molar-refractivity contribution in [3.8, 4) is 0 Å². The fourth-order valence-electron chi connectivity index (χ4n) is 1.47. The van der Waals surface area contributed by atoms with Gasteiger partial charge in [-0.2, -0.15) is 0 Å². The van der Waals surface area contributed by atoms with Crippen LogP contribution in [0.4, 0.5) is 5.69 Å². The summed E-state index contributed by atoms with van der Waals surface area (Å²) in [5.41, 5.74) is 1.43. The van der Waals surface area contributed by atoms with Crippen LogP contribution in [0.15, 0.2) is 18.3 Å². The fourth-order valence-corrected chi connectivity index (χ4v) is 1.47. The van der Waals surface area contributed by atoms with Crippen molar-refractivity contribution in [3.05, 3.63) is 24.0 Å². The summed E-state index contributed by atoms with van der Waals surface area (Å²) in [6.45, 7) is 7.05. The number of rotatable bonds is 7. The molecule has 1 rings (SSSR count). The van der Waals surface area contributed by atoms with Gasteiger partial charge >= 0.3 is 0 Å². The summed E-state index contributed by atoms with van der Waals surface area (Å²) in [4.78, 5) is 15.9. The molecule has 0 aliphatic rings. The van der Waals surface area contributed by atoms with Crippen LogP contribution in [0.2, 0.25) is 0 Å². The predicted molar refractivity (Wildman–Crippen MR) is 74.9 cm³/mol. The first-order valence-corrected chi connectivity index (χ1v) is 6.68. The summed E-state index contributed by atoms with van der Waals surface area (Å²) in [5, 5.41) is 6.17. The number of aromatic nitrogens is 1. The van der Waals surface area contributed by atoms with Gasteiger partial charge in [-0.25, -0.2) is 4.98 Å². The van der Waals surface area contributed by atoms with Gasteiger partial charge in [0.25, 0.3) is 5.91 Å². The van der Waals surface area contributed by atoms with Gasteiger partial charge < -0.3 is 10.6 Å². The standard InChI is InChI=1S/C14H23N3O/c1-4-6-9-15-14(18)13-8-7-12(10-16-13)17-11(3)5-2/h7-8,10-11,17H,4-6,9H2,1-3H3,(H,15,18). The molecule has 1 aromatic heterocycles. The molecule has 100 valence electrons. The highest BCUT2D eigenvalue weighted by molar-refractivity contribution is 5.92. The molecule has 4 heteroatoms. The maximum absolute atomic E-state index is 11.7. The van der Waals surface area contributed by atoms with Crippen LogP contribution in [0.5, 0.6) is 0 Å². The zero-order chi connectivity index (χ0) is 13.4. The summed E-state index contributed by atoms with van der Waals surface area (Å²) in [6, 6.07) is 4.07. The van der Waals surface area contributed by atoms with Gasteiger partial charge in [0.15, 0.2) is 0 Å². The molecule has 0 aliphatic heterocycles. The number of carbonyl (C=O) groups excluding carboxylic acids is 1. The van der Waals surface area contributed by atoms with Crippen LogP contribution < -0.4 is 10.6 Å². The highest BCUT2D eigenvalue weighted by Crippen LogP contribution is 2.09. The Labute approximate surface area is 109 Å². The van der Waals surface area contributed by atoms with Crippen molar-refractivity contribution in [3.63, 3.8) is 0 Å². The molecule has 0 aliphatic carbocycles. The molecule has 1 aromatic rings. The van der Waals surface area contributed by atoms with Crippen LogP contribution in [0.25, 0.3) is 0 Å². The monoisotopic (exact) mass is 249 g/mol. The van der Waals surface area contributed by atoms with E-state index in [2.05, 4.69) is 36.4 Å². The van der Waals surface area contributed by atoms with E-state index in [0.29, 0.717) is 18.3 Å². The van der Waals surface area contributed by atoms with E-state index in [9.17, 15) is 4.79 Å². The van der Waals surface area contributed by atoms with Gasteiger partial charge in [-0.05, 0) is 31.9 Å². The Balaban J connectivity index is 2.51. The van der Waals surface area contributed by atoms with Gasteiger partial charge in [0.1, 0.15) is 5.69 Å². The lowest BCUT2D eigenvalue weighted by Crippen LogP contribution is -2.25. The van der Waals surface area contributed by atoms with E-state index < -0.39 is 0 Å². The Bertz CT molecular complexity index is 362. The molecule has 4 nitrogen and oxygen atoms in total. The van der Waals surface area contributed by atoms with Gasteiger partial charge in [0.05, 0.1) is 11.9 Å². The summed E-state index contributed by atoms with van der Waals surface area (Å²) in [5.74, 6) is -0.0986. The molecule has 18 heavy (non-hydrogen) atoms. The molecular formula is C14H23N3O. The lowest BCUT2D eigenvalue weighted by Gasteiger charge is -2.12. The van der Waals surface area contributed by atoms with Crippen LogP contribution in [-0.2, 0) is 0 Å². The van der Waals surface area contributed by atoms with Crippen molar-refractivity contribution >= 4 is 11.6 Å². The van der Waals surface area contributed by atoms with E-state index in [4.69, 9.17) is 0 Å². The van der Waals surface area contributed by atoms with E-state index in [1.807, 2.05) is 6.07 Å². The molecule has 1 heterocycles. The van der Waals surface area contributed by atoms with Gasteiger partial charge in [0, 0.05) is 12.6 Å². The third kappa shape index (κ3) is 4.73. The third-order valence-electron chi connectivity index (χ3n) is 2.84. The Morgan fingerprint density at radius 1 is 1.39 bits per heavy atom. The number of pyridine rings is 1. The maximum atomic E-state index is 11.7. The van der Waals surface area contributed by atoms with Crippen LogP contribution in [0.3, 0.4) is 0 Å². The normalized spacial score (nSPS) is 11.9. The van der Waals surface area contributed by atoms with E-state index in [1.54, 1.807) is 12.3 Å². The molecule has 0 saturated heterocycles. The number of amides is 1. The van der Waals surface area contributed by atoms with Crippen LogP contribution in [-0.4, -0.2) is 23.5 Å². The Kier molecular flexibility index (Phi) is 6.19. The first-order chi connectivity index (χ1) is 8.67. The number of hydrogen-bond acceptors (Lipinski definition) is 3. The van der Waals surface area contributed by atoms with Crippen LogP contribution in [0.1, 0.15) is 50.5 Å². The lowest BCUT2D eigenvalue weighted by atomic mass is 10.2. The average molecular weight is 249 g/mol. The molecule has 0 bridgehead atoms. The largest absolute Gasteiger partial charge is 0.381 e. The van der Waals surface area contributed by atoms with Gasteiger partial charge in [0.2, 0.25) is 0 Å². The zero-order valence-corrected chi connectivity index (χ0v) is 11.5. The number of carbonyl (C=O) groups is 1. The minimum atomic E-state index is -0.0986. The van der Waals surface area contributed by atoms with Gasteiger partial charge in [-0.15, -0.1) is 0 Å². The zero-order valence-electron chi connectivity index (χ0n) is 11.5. The molecule has 0 spiro atoms. The van der Waals surface area contributed by atoms with Gasteiger partial charge in [-0.3, -0.25) is 4.79 Å². The van der Waals surface area contributed by atoms with Gasteiger partial charge in [-0.1, -0.05) is 20.3 Å². The van der Waals surface area contributed by atoms with E-state index >= 15 is 0 Å². The molecule has 1 amide bonds. The smallest absolute Gasteiger partial charge is 0.269 e. The average Bonchev–Trinajstić information content (AvgIpc) is 2.39. The molecular weight excluding hydrogens is 226 g/mol. The first kappa shape index (κ1) is 14.5. The Morgan fingerprint density at radius 2 is 2.17 bits per heavy atom. The van der Waals surface area contributed by atoms with Crippen LogP contribution >= 0.6 is 0 Å². The molecule has 1 atom stereocenters. The maximum Gasteiger partial charge on any atom is 0.269 e. The van der Waals surface area contributed by atoms with E-state index in [1.165, 1.54) is 0 Å². The number of nitrogens with zero attached hydrogens (tertiary/aromatic N) is 1. The van der Waals surface area contributed by atoms with Crippen molar-refractivity contribution in [1.82, 2.24) is 10.3 Å². The summed E-state index contributed by atoms with van der Waals surface area (Å²) < 4.78 is 0. The number of unbranched alkanes of at least 4 members (excludes halogenated alkanes) is 1. The second kappa shape index (κ2) is 7.69. The Hall–Kier alpha value is -1.58. The Morgan fingerprint density at radius 3 is 2.72 bits per heavy atom. The molecule has 2 N–H and O–H groups in total. The van der Waals surface area contributed by atoms with Crippen molar-refractivity contribution in [2.24, 2.45) is 0 Å². The second-order valence-electron chi connectivity index (χ2n) is 4.50. The van der Waals surface area contributed by atoms with Crippen molar-refractivity contribution in [1.29, 1.82) is 0 Å². The number of hydrogen-bond donors (Lipinski definition) is 2. The number of anilines is 1. The topological polar surface area (TPSA) is 54.0 Å². The highest BCUT2D eigenvalue weighted by Gasteiger charge is 2.06. The predicted octanol–water partition coefficient (Wildman–Crippen LogP) is 2.82. The summed E-state index contributed by atoms with van der Waals surface area (Å²) in [6.07, 6.45) is 4.84. The van der Waals surface area contributed by atoms with Crippen molar-refractivity contribution in [2.75, 3.05) is 11.9 Å². The molecule has 0 radical (unpaired) electrons. The first-order valence-electron chi connectivity index (χ1n) is 6.68. The van der Waals surface area contributed by atoms with E-state index in [-0.39, 0.29) is 5.91 Å². The lowest BCUT2D eigenvalue weighted by molar-refractivity contribution is 0.0948. The minimum absolute atomic E-state index is 0.0986. The molecule has 0 fully saturated rings. The molecule has 0 saturated carbocycles. The highest BCUT2D eigenvalue weighted by atomic mass is 16.1. The quantitative estimate of drug-likeness (QED) is 0.731. The second-order valence-corrected chi connectivity index (χ2v) is 4.50. The molecule has 1 unspecified atom stereocenters. The molecule has 0 aromatic carbocycles. The van der Waals surface area contributed by atoms with Crippen LogP contribution in [0, 0.1) is 0 Å². The SMILES string of the molecule is CCCCNC(=O)c1ccc(NC(C)CC)cn1.